The maximum Gasteiger partial charge on any atom is 0.326 e. The van der Waals surface area contributed by atoms with Crippen LogP contribution in [0.3, 0.4) is 0 Å². The van der Waals surface area contributed by atoms with Crippen molar-refractivity contribution in [3.8, 4) is 5.75 Å². The zero-order chi connectivity index (χ0) is 30.7. The lowest BCUT2D eigenvalue weighted by Gasteiger charge is -2.37. The number of rotatable bonds is 10. The van der Waals surface area contributed by atoms with Crippen LogP contribution in [0.2, 0.25) is 0 Å². The molecule has 2 aliphatic rings. The number of ether oxygens (including phenoxy) is 1. The van der Waals surface area contributed by atoms with Crippen LogP contribution >= 0.6 is 11.3 Å². The Labute approximate surface area is 260 Å². The van der Waals surface area contributed by atoms with Gasteiger partial charge in [-0.15, -0.1) is 11.3 Å². The fourth-order valence-corrected chi connectivity index (χ4v) is 7.70. The van der Waals surface area contributed by atoms with E-state index in [4.69, 9.17) is 9.72 Å². The third kappa shape index (κ3) is 7.86. The molecular formula is C36H46N2O4S. The maximum atomic E-state index is 13.5. The van der Waals surface area contributed by atoms with Gasteiger partial charge < -0.3 is 15.2 Å². The fraction of sp³-hybridized carbons (Fsp3) is 0.528. The lowest BCUT2D eigenvalue weighted by atomic mass is 9.72. The summed E-state index contributed by atoms with van der Waals surface area (Å²) in [5.74, 6) is 0.600. The fourth-order valence-electron chi connectivity index (χ4n) is 6.72. The number of aliphatic carboxylic acids is 1. The number of thiophene rings is 1. The van der Waals surface area contributed by atoms with E-state index in [9.17, 15) is 14.7 Å². The molecular weight excluding hydrogens is 556 g/mol. The number of fused-ring (bicyclic) bond motifs is 1. The average molecular weight is 603 g/mol. The van der Waals surface area contributed by atoms with Gasteiger partial charge in [-0.3, -0.25) is 4.79 Å². The number of pyridine rings is 1. The molecule has 7 heteroatoms. The topological polar surface area (TPSA) is 88.5 Å². The van der Waals surface area contributed by atoms with Crippen LogP contribution in [0.15, 0.2) is 43.0 Å². The molecule has 2 heterocycles. The first-order chi connectivity index (χ1) is 20.5. The Bertz CT molecular complexity index is 1470. The number of carboxylic acids is 1. The van der Waals surface area contributed by atoms with Gasteiger partial charge in [-0.25, -0.2) is 9.78 Å². The minimum atomic E-state index is -1.07. The highest BCUT2D eigenvalue weighted by Gasteiger charge is 2.31. The molecule has 0 aliphatic heterocycles. The summed E-state index contributed by atoms with van der Waals surface area (Å²) in [6.45, 7) is 12.9. The first kappa shape index (κ1) is 31.2. The van der Waals surface area contributed by atoms with Crippen molar-refractivity contribution in [2.75, 3.05) is 0 Å². The standard InChI is InChI=1S/C36H46N2O4S/c1-22(2)33-17-16-28(43-33)21-32(35(40)41)38-34(39)31-19-24-10-13-27(42-26-14-11-25(12-15-26)36(3,4)5)20-29(24)30(37-31)18-23-8-6-7-9-23/h10,13,16-17,19-20,23,25-26,32H,1,6-9,11-12,14-15,18,21H2,2-5H3,(H,38,39)(H,40,41). The van der Waals surface area contributed by atoms with E-state index in [0.717, 1.165) is 62.7 Å². The van der Waals surface area contributed by atoms with E-state index in [2.05, 4.69) is 38.7 Å². The van der Waals surface area contributed by atoms with Gasteiger partial charge in [0, 0.05) is 27.3 Å². The van der Waals surface area contributed by atoms with Crippen LogP contribution in [0.5, 0.6) is 5.75 Å². The largest absolute Gasteiger partial charge is 0.490 e. The van der Waals surface area contributed by atoms with Crippen molar-refractivity contribution in [3.63, 3.8) is 0 Å². The van der Waals surface area contributed by atoms with E-state index in [1.165, 1.54) is 49.9 Å². The second-order valence-electron chi connectivity index (χ2n) is 13.8. The molecule has 5 rings (SSSR count). The number of hydrogen-bond donors (Lipinski definition) is 2. The Balaban J connectivity index is 1.36. The van der Waals surface area contributed by atoms with Crippen LogP contribution in [0, 0.1) is 17.3 Å². The zero-order valence-electron chi connectivity index (χ0n) is 26.1. The van der Waals surface area contributed by atoms with Crippen LogP contribution in [0.1, 0.15) is 105 Å². The number of carbonyl (C=O) groups is 2. The predicted molar refractivity (Wildman–Crippen MR) is 175 cm³/mol. The molecule has 2 aliphatic carbocycles. The van der Waals surface area contributed by atoms with Crippen LogP contribution in [0.4, 0.5) is 0 Å². The Morgan fingerprint density at radius 3 is 2.42 bits per heavy atom. The molecule has 2 N–H and O–H groups in total. The highest BCUT2D eigenvalue weighted by Crippen LogP contribution is 2.39. The molecule has 6 nitrogen and oxygen atoms in total. The van der Waals surface area contributed by atoms with E-state index >= 15 is 0 Å². The number of aromatic nitrogens is 1. The second-order valence-corrected chi connectivity index (χ2v) is 14.9. The molecule has 1 aromatic carbocycles. The molecule has 2 saturated carbocycles. The van der Waals surface area contributed by atoms with Crippen LogP contribution in [-0.4, -0.2) is 34.1 Å². The quantitative estimate of drug-likeness (QED) is 0.243. The van der Waals surface area contributed by atoms with Gasteiger partial charge >= 0.3 is 5.97 Å². The summed E-state index contributed by atoms with van der Waals surface area (Å²) in [4.78, 5) is 32.3. The van der Waals surface area contributed by atoms with Gasteiger partial charge in [0.25, 0.3) is 5.91 Å². The summed E-state index contributed by atoms with van der Waals surface area (Å²) >= 11 is 1.50. The lowest BCUT2D eigenvalue weighted by molar-refractivity contribution is -0.139. The normalized spacial score (nSPS) is 20.2. The Hall–Kier alpha value is -3.19. The third-order valence-corrected chi connectivity index (χ3v) is 10.6. The molecule has 0 radical (unpaired) electrons. The van der Waals surface area contributed by atoms with Gasteiger partial charge in [0.1, 0.15) is 17.5 Å². The van der Waals surface area contributed by atoms with Crippen molar-refractivity contribution in [1.82, 2.24) is 10.3 Å². The summed E-state index contributed by atoms with van der Waals surface area (Å²) in [5.41, 5.74) is 2.42. The number of allylic oxidation sites excluding steroid dienone is 1. The highest BCUT2D eigenvalue weighted by molar-refractivity contribution is 7.13. The van der Waals surface area contributed by atoms with Gasteiger partial charge in [-0.1, -0.05) is 59.1 Å². The van der Waals surface area contributed by atoms with Gasteiger partial charge in [0.05, 0.1) is 6.10 Å². The third-order valence-electron chi connectivity index (χ3n) is 9.37. The molecule has 1 unspecified atom stereocenters. The number of benzene rings is 1. The molecule has 2 fully saturated rings. The molecule has 0 bridgehead atoms. The van der Waals surface area contributed by atoms with Crippen molar-refractivity contribution >= 4 is 39.6 Å². The number of nitrogens with zero attached hydrogens (tertiary/aromatic N) is 1. The van der Waals surface area contributed by atoms with E-state index in [1.54, 1.807) is 6.07 Å². The SMILES string of the molecule is C=C(C)c1ccc(CC(NC(=O)c2cc3ccc(OC4CCC(C(C)(C)C)CC4)cc3c(CC3CCCC3)n2)C(=O)O)s1. The smallest absolute Gasteiger partial charge is 0.326 e. The van der Waals surface area contributed by atoms with Gasteiger partial charge in [0.2, 0.25) is 0 Å². The van der Waals surface area contributed by atoms with Crippen LogP contribution in [0.25, 0.3) is 16.3 Å². The lowest BCUT2D eigenvalue weighted by Crippen LogP contribution is -2.42. The van der Waals surface area contributed by atoms with Crippen LogP contribution < -0.4 is 10.1 Å². The number of carboxylic acid groups (broad SMARTS) is 1. The van der Waals surface area contributed by atoms with E-state index in [1.807, 2.05) is 31.2 Å². The minimum Gasteiger partial charge on any atom is -0.490 e. The number of amides is 1. The highest BCUT2D eigenvalue weighted by atomic mass is 32.1. The molecule has 1 atom stereocenters. The number of carbonyl (C=O) groups excluding carboxylic acids is 1. The van der Waals surface area contributed by atoms with E-state index in [-0.39, 0.29) is 18.2 Å². The van der Waals surface area contributed by atoms with E-state index in [0.29, 0.717) is 11.3 Å². The summed E-state index contributed by atoms with van der Waals surface area (Å²) in [6.07, 6.45) is 10.5. The van der Waals surface area contributed by atoms with Crippen molar-refractivity contribution in [2.24, 2.45) is 17.3 Å². The molecule has 0 spiro atoms. The van der Waals surface area contributed by atoms with Gasteiger partial charge in [-0.05, 0) is 97.6 Å². The molecule has 230 valence electrons. The summed E-state index contributed by atoms with van der Waals surface area (Å²) < 4.78 is 6.50. The van der Waals surface area contributed by atoms with Crippen LogP contribution in [-0.2, 0) is 17.6 Å². The second kappa shape index (κ2) is 13.2. The van der Waals surface area contributed by atoms with Crippen molar-refractivity contribution in [3.05, 3.63) is 64.1 Å². The van der Waals surface area contributed by atoms with Crippen molar-refractivity contribution < 1.29 is 19.4 Å². The Kier molecular flexibility index (Phi) is 9.60. The Morgan fingerprint density at radius 1 is 1.07 bits per heavy atom. The minimum absolute atomic E-state index is 0.208. The summed E-state index contributed by atoms with van der Waals surface area (Å²) in [5, 5.41) is 14.6. The number of hydrogen-bond acceptors (Lipinski definition) is 5. The summed E-state index contributed by atoms with van der Waals surface area (Å²) in [6, 6.07) is 10.7. The summed E-state index contributed by atoms with van der Waals surface area (Å²) in [7, 11) is 0. The molecule has 0 saturated heterocycles. The molecule has 1 amide bonds. The maximum absolute atomic E-state index is 13.5. The van der Waals surface area contributed by atoms with Crippen molar-refractivity contribution in [2.45, 2.75) is 104 Å². The monoisotopic (exact) mass is 602 g/mol. The zero-order valence-corrected chi connectivity index (χ0v) is 26.9. The van der Waals surface area contributed by atoms with Gasteiger partial charge in [0.15, 0.2) is 0 Å². The van der Waals surface area contributed by atoms with Crippen molar-refractivity contribution in [1.29, 1.82) is 0 Å². The first-order valence-electron chi connectivity index (χ1n) is 15.8. The predicted octanol–water partition coefficient (Wildman–Crippen LogP) is 8.47. The van der Waals surface area contributed by atoms with Gasteiger partial charge in [-0.2, -0.15) is 0 Å². The van der Waals surface area contributed by atoms with E-state index < -0.39 is 17.9 Å². The molecule has 3 aromatic rings. The molecule has 43 heavy (non-hydrogen) atoms. The first-order valence-corrected chi connectivity index (χ1v) is 16.7. The Morgan fingerprint density at radius 2 is 1.79 bits per heavy atom. The molecule has 2 aromatic heterocycles. The number of nitrogens with one attached hydrogen (secondary N) is 1. The average Bonchev–Trinajstić information content (AvgIpc) is 3.65.